The molecule has 6 rings (SSSR count). The summed E-state index contributed by atoms with van der Waals surface area (Å²) >= 11 is 0. The molecule has 0 unspecified atom stereocenters. The van der Waals surface area contributed by atoms with Crippen LogP contribution in [0.25, 0.3) is 5.65 Å². The van der Waals surface area contributed by atoms with E-state index in [0.29, 0.717) is 49.2 Å². The Labute approximate surface area is 230 Å². The van der Waals surface area contributed by atoms with Crippen LogP contribution in [0, 0.1) is 0 Å². The molecule has 1 fully saturated rings. The van der Waals surface area contributed by atoms with Crippen LogP contribution in [0.5, 0.6) is 0 Å². The van der Waals surface area contributed by atoms with Gasteiger partial charge in [0.15, 0.2) is 5.65 Å². The number of fused-ring (bicyclic) bond motifs is 6. The third-order valence-corrected chi connectivity index (χ3v) is 6.90. The fourth-order valence-corrected chi connectivity index (χ4v) is 5.17. The second-order valence-corrected chi connectivity index (χ2v) is 11.3. The predicted octanol–water partition coefficient (Wildman–Crippen LogP) is 2.94. The molecule has 3 aromatic rings. The molecule has 0 aliphatic carbocycles. The van der Waals surface area contributed by atoms with Crippen LogP contribution in [-0.2, 0) is 27.3 Å². The molecule has 0 saturated carbocycles. The zero-order chi connectivity index (χ0) is 28.2. The van der Waals surface area contributed by atoms with Gasteiger partial charge in [0.05, 0.1) is 19.4 Å². The molecular weight excluding hydrogens is 516 g/mol. The summed E-state index contributed by atoms with van der Waals surface area (Å²) in [6, 6.07) is 3.41. The van der Waals surface area contributed by atoms with Crippen molar-refractivity contribution in [3.8, 4) is 0 Å². The van der Waals surface area contributed by atoms with Gasteiger partial charge in [-0.05, 0) is 58.2 Å². The van der Waals surface area contributed by atoms with E-state index in [1.54, 1.807) is 4.90 Å². The summed E-state index contributed by atoms with van der Waals surface area (Å²) in [5.41, 5.74) is 1.40. The Morgan fingerprint density at radius 2 is 1.98 bits per heavy atom. The molecular formula is C27H32N8O5. The molecule has 2 N–H and O–H groups in total. The topological polar surface area (TPSA) is 143 Å². The van der Waals surface area contributed by atoms with Crippen LogP contribution < -0.4 is 20.4 Å². The number of aromatic nitrogens is 4. The number of carbonyl (C=O) groups excluding carboxylic acids is 3. The maximum atomic E-state index is 13.2. The molecule has 0 aromatic carbocycles. The monoisotopic (exact) mass is 548 g/mol. The van der Waals surface area contributed by atoms with Crippen molar-refractivity contribution >= 4 is 46.8 Å². The molecule has 13 heteroatoms. The van der Waals surface area contributed by atoms with E-state index in [9.17, 15) is 14.4 Å². The predicted molar refractivity (Wildman–Crippen MR) is 146 cm³/mol. The first-order valence-corrected chi connectivity index (χ1v) is 13.5. The van der Waals surface area contributed by atoms with E-state index in [2.05, 4.69) is 15.7 Å². The average molecular weight is 549 g/mol. The molecule has 0 radical (unpaired) electrons. The standard InChI is InChI=1S/C27H32N8O5/c1-15-13-39-14-16-10-19(30-20(11-16)33-8-5-6-21(33)36)31-22-17-7-9-34(26(38)40-27(2,3)4)25(17)35-23(32-22)18(12-28-35)24(37)29-15/h10-12,15H,5-9,13-14H2,1-4H3,(H,29,37)(H,30,31,32)/t15-/m1/s1. The Morgan fingerprint density at radius 3 is 2.73 bits per heavy atom. The fraction of sp³-hybridized carbons (Fsp3) is 0.481. The number of amides is 3. The Balaban J connectivity index is 1.51. The first-order valence-electron chi connectivity index (χ1n) is 13.5. The molecule has 3 aliphatic rings. The lowest BCUT2D eigenvalue weighted by atomic mass is 10.2. The van der Waals surface area contributed by atoms with Gasteiger partial charge in [0.2, 0.25) is 5.91 Å². The largest absolute Gasteiger partial charge is 0.443 e. The minimum atomic E-state index is -0.692. The third-order valence-electron chi connectivity index (χ3n) is 6.90. The molecule has 40 heavy (non-hydrogen) atoms. The summed E-state index contributed by atoms with van der Waals surface area (Å²) in [6.07, 6.45) is 2.68. The zero-order valence-electron chi connectivity index (χ0n) is 23.0. The lowest BCUT2D eigenvalue weighted by Gasteiger charge is -2.25. The van der Waals surface area contributed by atoms with E-state index in [0.717, 1.165) is 17.5 Å². The van der Waals surface area contributed by atoms with E-state index >= 15 is 0 Å². The second-order valence-electron chi connectivity index (χ2n) is 11.3. The van der Waals surface area contributed by atoms with Crippen molar-refractivity contribution in [3.63, 3.8) is 0 Å². The number of hydrogen-bond donors (Lipinski definition) is 2. The van der Waals surface area contributed by atoms with Crippen LogP contribution in [0.1, 0.15) is 62.0 Å². The lowest BCUT2D eigenvalue weighted by molar-refractivity contribution is -0.117. The van der Waals surface area contributed by atoms with E-state index in [-0.39, 0.29) is 42.3 Å². The molecule has 3 amide bonds. The Hall–Kier alpha value is -4.26. The molecule has 3 aromatic heterocycles. The summed E-state index contributed by atoms with van der Waals surface area (Å²) in [6.45, 7) is 8.77. The third kappa shape index (κ3) is 4.81. The maximum absolute atomic E-state index is 13.2. The van der Waals surface area contributed by atoms with Crippen molar-refractivity contribution in [2.24, 2.45) is 0 Å². The highest BCUT2D eigenvalue weighted by Gasteiger charge is 2.35. The van der Waals surface area contributed by atoms with Crippen molar-refractivity contribution in [1.82, 2.24) is 24.9 Å². The van der Waals surface area contributed by atoms with Gasteiger partial charge in [0.25, 0.3) is 5.91 Å². The number of anilines is 4. The normalized spacial score (nSPS) is 19.4. The van der Waals surface area contributed by atoms with Gasteiger partial charge < -0.3 is 20.1 Å². The summed E-state index contributed by atoms with van der Waals surface area (Å²) in [5, 5.41) is 10.7. The fourth-order valence-electron chi connectivity index (χ4n) is 5.17. The van der Waals surface area contributed by atoms with Gasteiger partial charge in [0.1, 0.15) is 34.4 Å². The SMILES string of the molecule is C[C@@H]1COCc2cc(nc(N3CCCC3=O)c2)Nc2nc3c(cnn3c3c2CCN3C(=O)OC(C)(C)C)C(=O)N1. The quantitative estimate of drug-likeness (QED) is 0.469. The zero-order valence-corrected chi connectivity index (χ0v) is 23.0. The minimum absolute atomic E-state index is 0.0274. The number of pyridine rings is 1. The highest BCUT2D eigenvalue weighted by Crippen LogP contribution is 2.36. The Kier molecular flexibility index (Phi) is 6.32. The van der Waals surface area contributed by atoms with Crippen LogP contribution in [0.4, 0.5) is 28.1 Å². The van der Waals surface area contributed by atoms with Crippen LogP contribution in [-0.4, -0.2) is 68.8 Å². The molecule has 6 heterocycles. The van der Waals surface area contributed by atoms with Gasteiger partial charge in [-0.2, -0.15) is 9.61 Å². The van der Waals surface area contributed by atoms with Crippen LogP contribution >= 0.6 is 0 Å². The number of nitrogens with one attached hydrogen (secondary N) is 2. The second kappa shape index (κ2) is 9.73. The van der Waals surface area contributed by atoms with Gasteiger partial charge in [-0.25, -0.2) is 14.8 Å². The maximum Gasteiger partial charge on any atom is 0.416 e. The van der Waals surface area contributed by atoms with Crippen molar-refractivity contribution in [2.45, 2.75) is 65.2 Å². The van der Waals surface area contributed by atoms with Gasteiger partial charge in [-0.3, -0.25) is 19.4 Å². The molecule has 1 saturated heterocycles. The average Bonchev–Trinajstić information content (AvgIpc) is 3.60. The minimum Gasteiger partial charge on any atom is -0.443 e. The number of rotatable bonds is 1. The van der Waals surface area contributed by atoms with Crippen molar-refractivity contribution in [1.29, 1.82) is 0 Å². The molecule has 3 aliphatic heterocycles. The van der Waals surface area contributed by atoms with E-state index in [1.165, 1.54) is 15.6 Å². The highest BCUT2D eigenvalue weighted by atomic mass is 16.6. The van der Waals surface area contributed by atoms with Gasteiger partial charge in [-0.1, -0.05) is 0 Å². The highest BCUT2D eigenvalue weighted by molar-refractivity contribution is 6.01. The Bertz CT molecular complexity index is 1530. The lowest BCUT2D eigenvalue weighted by Crippen LogP contribution is -2.37. The molecule has 1 atom stereocenters. The van der Waals surface area contributed by atoms with E-state index in [4.69, 9.17) is 19.4 Å². The number of hydrogen-bond acceptors (Lipinski definition) is 9. The summed E-state index contributed by atoms with van der Waals surface area (Å²) < 4.78 is 13.1. The number of ether oxygens (including phenoxy) is 2. The van der Waals surface area contributed by atoms with Crippen LogP contribution in [0.3, 0.4) is 0 Å². The first kappa shape index (κ1) is 26.0. The molecule has 0 spiro atoms. The van der Waals surface area contributed by atoms with Crippen molar-refractivity contribution < 1.29 is 23.9 Å². The first-order chi connectivity index (χ1) is 19.1. The molecule has 4 bridgehead atoms. The van der Waals surface area contributed by atoms with Gasteiger partial charge in [0, 0.05) is 31.1 Å². The molecule has 210 valence electrons. The van der Waals surface area contributed by atoms with Crippen molar-refractivity contribution in [2.75, 3.05) is 34.8 Å². The number of carbonyl (C=O) groups is 3. The summed E-state index contributed by atoms with van der Waals surface area (Å²) in [5.74, 6) is 1.61. The Morgan fingerprint density at radius 1 is 1.15 bits per heavy atom. The summed E-state index contributed by atoms with van der Waals surface area (Å²) in [7, 11) is 0. The van der Waals surface area contributed by atoms with E-state index in [1.807, 2.05) is 39.8 Å². The van der Waals surface area contributed by atoms with Gasteiger partial charge in [-0.15, -0.1) is 0 Å². The van der Waals surface area contributed by atoms with E-state index < -0.39 is 11.7 Å². The number of nitrogens with zero attached hydrogens (tertiary/aromatic N) is 6. The summed E-state index contributed by atoms with van der Waals surface area (Å²) in [4.78, 5) is 51.7. The smallest absolute Gasteiger partial charge is 0.416 e. The van der Waals surface area contributed by atoms with Crippen LogP contribution in [0.2, 0.25) is 0 Å². The van der Waals surface area contributed by atoms with Crippen molar-refractivity contribution in [3.05, 3.63) is 35.0 Å². The molecule has 13 nitrogen and oxygen atoms in total. The van der Waals surface area contributed by atoms with Gasteiger partial charge >= 0.3 is 6.09 Å². The van der Waals surface area contributed by atoms with Crippen LogP contribution in [0.15, 0.2) is 18.3 Å².